The average Bonchev–Trinajstić information content (AvgIpc) is 2.43. The number of benzene rings is 1. The molecule has 0 aliphatic carbocycles. The predicted octanol–water partition coefficient (Wildman–Crippen LogP) is 2.53. The molecule has 0 saturated heterocycles. The van der Waals surface area contributed by atoms with Crippen LogP contribution in [0.4, 0.5) is 5.82 Å². The smallest absolute Gasteiger partial charge is 0.129 e. The number of anilines is 1. The van der Waals surface area contributed by atoms with Crippen LogP contribution in [0.2, 0.25) is 0 Å². The van der Waals surface area contributed by atoms with Crippen molar-refractivity contribution < 1.29 is 5.11 Å². The number of aliphatic hydroxyl groups excluding tert-OH is 1. The van der Waals surface area contributed by atoms with E-state index < -0.39 is 0 Å². The quantitative estimate of drug-likeness (QED) is 0.898. The minimum atomic E-state index is 0.0480. The maximum absolute atomic E-state index is 9.47. The molecule has 1 heterocycles. The molecule has 0 saturated carbocycles. The summed E-state index contributed by atoms with van der Waals surface area (Å²) in [6.07, 6.45) is 2.10. The van der Waals surface area contributed by atoms with Crippen LogP contribution < -0.4 is 4.90 Å². The number of aliphatic hydroxyl groups is 1. The number of fused-ring (bicyclic) bond motifs is 1. The van der Waals surface area contributed by atoms with Crippen LogP contribution in [0, 0.1) is 0 Å². The number of nitrogens with zero attached hydrogens (tertiary/aromatic N) is 2. The average molecular weight is 262 g/mol. The third kappa shape index (κ3) is 2.76. The number of thioether (sulfide) groups is 1. The van der Waals surface area contributed by atoms with E-state index in [9.17, 15) is 5.11 Å². The summed E-state index contributed by atoms with van der Waals surface area (Å²) in [4.78, 5) is 6.77. The molecule has 18 heavy (non-hydrogen) atoms. The molecule has 2 aromatic rings. The lowest BCUT2D eigenvalue weighted by Crippen LogP contribution is -2.21. The summed E-state index contributed by atoms with van der Waals surface area (Å²) >= 11 is 1.82. The fourth-order valence-electron chi connectivity index (χ4n) is 1.90. The number of hydrogen-bond acceptors (Lipinski definition) is 4. The van der Waals surface area contributed by atoms with Gasteiger partial charge in [0, 0.05) is 24.7 Å². The van der Waals surface area contributed by atoms with E-state index in [1.54, 1.807) is 0 Å². The highest BCUT2D eigenvalue weighted by Crippen LogP contribution is 2.22. The van der Waals surface area contributed by atoms with Gasteiger partial charge in [0.05, 0.1) is 12.1 Å². The molecule has 0 atom stereocenters. The zero-order chi connectivity index (χ0) is 13.0. The minimum absolute atomic E-state index is 0.0480. The van der Waals surface area contributed by atoms with Gasteiger partial charge in [-0.2, -0.15) is 11.8 Å². The number of rotatable bonds is 5. The van der Waals surface area contributed by atoms with Crippen LogP contribution >= 0.6 is 11.8 Å². The van der Waals surface area contributed by atoms with Crippen molar-refractivity contribution in [3.63, 3.8) is 0 Å². The number of hydrogen-bond donors (Lipinski definition) is 1. The summed E-state index contributed by atoms with van der Waals surface area (Å²) in [5, 5.41) is 10.5. The van der Waals surface area contributed by atoms with E-state index in [4.69, 9.17) is 0 Å². The Kier molecular flexibility index (Phi) is 4.44. The molecular weight excluding hydrogens is 244 g/mol. The molecule has 0 aliphatic rings. The van der Waals surface area contributed by atoms with Crippen molar-refractivity contribution in [2.24, 2.45) is 0 Å². The molecule has 4 heteroatoms. The lowest BCUT2D eigenvalue weighted by Gasteiger charge is -2.19. The Hall–Kier alpha value is -1.26. The Balaban J connectivity index is 2.40. The first-order valence-corrected chi connectivity index (χ1v) is 7.35. The molecular formula is C14H18N2OS. The Morgan fingerprint density at radius 3 is 2.83 bits per heavy atom. The molecule has 0 unspecified atom stereocenters. The van der Waals surface area contributed by atoms with Crippen LogP contribution in [0.25, 0.3) is 10.9 Å². The minimum Gasteiger partial charge on any atom is -0.392 e. The Labute approximate surface area is 112 Å². The molecule has 1 aromatic heterocycles. The van der Waals surface area contributed by atoms with Gasteiger partial charge in [-0.1, -0.05) is 18.2 Å². The maximum atomic E-state index is 9.47. The first-order valence-electron chi connectivity index (χ1n) is 5.96. The number of para-hydroxylation sites is 1. The highest BCUT2D eigenvalue weighted by atomic mass is 32.2. The van der Waals surface area contributed by atoms with E-state index in [1.165, 1.54) is 0 Å². The third-order valence-electron chi connectivity index (χ3n) is 2.98. The number of aromatic nitrogens is 1. The lowest BCUT2D eigenvalue weighted by atomic mass is 10.1. The summed E-state index contributed by atoms with van der Waals surface area (Å²) in [5.74, 6) is 1.99. The molecule has 1 aromatic carbocycles. The van der Waals surface area contributed by atoms with Crippen molar-refractivity contribution in [2.75, 3.05) is 30.5 Å². The van der Waals surface area contributed by atoms with Gasteiger partial charge in [0.2, 0.25) is 0 Å². The molecule has 0 bridgehead atoms. The van der Waals surface area contributed by atoms with E-state index in [2.05, 4.69) is 16.1 Å². The molecule has 0 amide bonds. The van der Waals surface area contributed by atoms with Crippen LogP contribution in [0.1, 0.15) is 5.56 Å². The molecule has 3 nitrogen and oxygen atoms in total. The standard InChI is InChI=1S/C14H18N2OS/c1-16(7-8-18-2)14-9-11(10-17)12-5-3-4-6-13(12)15-14/h3-6,9,17H,7-8,10H2,1-2H3. The van der Waals surface area contributed by atoms with Gasteiger partial charge in [-0.3, -0.25) is 0 Å². The summed E-state index contributed by atoms with van der Waals surface area (Å²) in [7, 11) is 2.04. The molecule has 0 spiro atoms. The maximum Gasteiger partial charge on any atom is 0.129 e. The summed E-state index contributed by atoms with van der Waals surface area (Å²) in [6, 6.07) is 9.91. The monoisotopic (exact) mass is 262 g/mol. The Bertz CT molecular complexity index is 530. The largest absolute Gasteiger partial charge is 0.392 e. The second-order valence-corrected chi connectivity index (χ2v) is 5.21. The van der Waals surface area contributed by atoms with Crippen molar-refractivity contribution in [1.82, 2.24) is 4.98 Å². The van der Waals surface area contributed by atoms with Crippen molar-refractivity contribution in [1.29, 1.82) is 0 Å². The van der Waals surface area contributed by atoms with Gasteiger partial charge in [0.25, 0.3) is 0 Å². The topological polar surface area (TPSA) is 36.4 Å². The van der Waals surface area contributed by atoms with E-state index in [0.29, 0.717) is 0 Å². The van der Waals surface area contributed by atoms with Gasteiger partial charge in [-0.25, -0.2) is 4.98 Å². The van der Waals surface area contributed by atoms with Crippen LogP contribution in [-0.2, 0) is 6.61 Å². The van der Waals surface area contributed by atoms with Gasteiger partial charge >= 0.3 is 0 Å². The summed E-state index contributed by atoms with van der Waals surface area (Å²) in [5.41, 5.74) is 1.88. The van der Waals surface area contributed by atoms with Crippen molar-refractivity contribution in [3.8, 4) is 0 Å². The predicted molar refractivity (Wildman–Crippen MR) is 79.3 cm³/mol. The summed E-state index contributed by atoms with van der Waals surface area (Å²) in [6.45, 7) is 1.00. The van der Waals surface area contributed by atoms with E-state index in [-0.39, 0.29) is 6.61 Å². The third-order valence-corrected chi connectivity index (χ3v) is 3.57. The summed E-state index contributed by atoms with van der Waals surface area (Å²) < 4.78 is 0. The van der Waals surface area contributed by atoms with Gasteiger partial charge < -0.3 is 10.0 Å². The van der Waals surface area contributed by atoms with Gasteiger partial charge in [-0.15, -0.1) is 0 Å². The first-order chi connectivity index (χ1) is 8.76. The van der Waals surface area contributed by atoms with E-state index in [0.717, 1.165) is 34.6 Å². The van der Waals surface area contributed by atoms with Gasteiger partial charge in [0.1, 0.15) is 5.82 Å². The highest BCUT2D eigenvalue weighted by Gasteiger charge is 2.07. The SMILES string of the molecule is CSCCN(C)c1cc(CO)c2ccccc2n1. The van der Waals surface area contributed by atoms with Gasteiger partial charge in [-0.05, 0) is 24.0 Å². The van der Waals surface area contributed by atoms with Crippen LogP contribution in [0.3, 0.4) is 0 Å². The number of pyridine rings is 1. The van der Waals surface area contributed by atoms with Crippen molar-refractivity contribution in [3.05, 3.63) is 35.9 Å². The Morgan fingerprint density at radius 1 is 1.33 bits per heavy atom. The second-order valence-electron chi connectivity index (χ2n) is 4.23. The normalized spacial score (nSPS) is 10.8. The zero-order valence-corrected chi connectivity index (χ0v) is 11.6. The Morgan fingerprint density at radius 2 is 2.11 bits per heavy atom. The second kappa shape index (κ2) is 6.07. The highest BCUT2D eigenvalue weighted by molar-refractivity contribution is 7.98. The zero-order valence-electron chi connectivity index (χ0n) is 10.8. The molecule has 2 rings (SSSR count). The van der Waals surface area contributed by atoms with Crippen molar-refractivity contribution >= 4 is 28.5 Å². The van der Waals surface area contributed by atoms with E-state index >= 15 is 0 Å². The van der Waals surface area contributed by atoms with Crippen molar-refractivity contribution in [2.45, 2.75) is 6.61 Å². The van der Waals surface area contributed by atoms with E-state index in [1.807, 2.05) is 49.1 Å². The molecule has 0 fully saturated rings. The van der Waals surface area contributed by atoms with Gasteiger partial charge in [0.15, 0.2) is 0 Å². The molecule has 0 radical (unpaired) electrons. The van der Waals surface area contributed by atoms with Crippen LogP contribution in [0.5, 0.6) is 0 Å². The van der Waals surface area contributed by atoms with Crippen LogP contribution in [-0.4, -0.2) is 35.7 Å². The molecule has 1 N–H and O–H groups in total. The van der Waals surface area contributed by atoms with Crippen LogP contribution in [0.15, 0.2) is 30.3 Å². The lowest BCUT2D eigenvalue weighted by molar-refractivity contribution is 0.283. The first kappa shape index (κ1) is 13.2. The fraction of sp³-hybridized carbons (Fsp3) is 0.357. The molecule has 0 aliphatic heterocycles. The fourth-order valence-corrected chi connectivity index (χ4v) is 2.36. The molecule has 96 valence electrons.